The Morgan fingerprint density at radius 3 is 2.72 bits per heavy atom. The van der Waals surface area contributed by atoms with Gasteiger partial charge in [0.15, 0.2) is 11.5 Å². The third-order valence-corrected chi connectivity index (χ3v) is 4.00. The van der Waals surface area contributed by atoms with Crippen LogP contribution < -0.4 is 9.47 Å². The van der Waals surface area contributed by atoms with Crippen molar-refractivity contribution in [2.75, 3.05) is 13.2 Å². The van der Waals surface area contributed by atoms with Crippen molar-refractivity contribution in [3.05, 3.63) is 16.1 Å². The molecule has 0 saturated heterocycles. The fraction of sp³-hybridized carbons (Fsp3) is 0.538. The van der Waals surface area contributed by atoms with Crippen molar-refractivity contribution in [2.24, 2.45) is 0 Å². The highest BCUT2D eigenvalue weighted by molar-refractivity contribution is 9.10. The maximum atomic E-state index is 10.1. The number of phenols is 1. The average Bonchev–Trinajstić information content (AvgIpc) is 3.09. The minimum absolute atomic E-state index is 0.138. The molecule has 1 aromatic rings. The third-order valence-electron chi connectivity index (χ3n) is 3.39. The molecule has 18 heavy (non-hydrogen) atoms. The zero-order valence-corrected chi connectivity index (χ0v) is 11.5. The van der Waals surface area contributed by atoms with Gasteiger partial charge in [0.1, 0.15) is 5.75 Å². The van der Waals surface area contributed by atoms with Gasteiger partial charge in [-0.3, -0.25) is 0 Å². The van der Waals surface area contributed by atoms with E-state index in [2.05, 4.69) is 15.9 Å². The first kappa shape index (κ1) is 12.1. The molecule has 2 N–H and O–H groups in total. The standard InChI is InChI=1S/C13H15BrO4/c14-9-6-10-12(18-5-1-4-17-10)8(11(9)15)7-13(16)2-3-13/h6,15-16H,1-5,7H2. The van der Waals surface area contributed by atoms with Gasteiger partial charge in [-0.15, -0.1) is 0 Å². The highest BCUT2D eigenvalue weighted by Crippen LogP contribution is 2.48. The van der Waals surface area contributed by atoms with E-state index in [-0.39, 0.29) is 5.75 Å². The van der Waals surface area contributed by atoms with Gasteiger partial charge in [0, 0.05) is 24.5 Å². The van der Waals surface area contributed by atoms with Crippen molar-refractivity contribution in [1.29, 1.82) is 0 Å². The van der Waals surface area contributed by atoms with Crippen LogP contribution in [-0.4, -0.2) is 29.0 Å². The molecular formula is C13H15BrO4. The zero-order valence-electron chi connectivity index (χ0n) is 9.91. The molecule has 1 fully saturated rings. The largest absolute Gasteiger partial charge is 0.506 e. The Balaban J connectivity index is 2.05. The predicted molar refractivity (Wildman–Crippen MR) is 69.3 cm³/mol. The summed E-state index contributed by atoms with van der Waals surface area (Å²) >= 11 is 3.31. The molecule has 0 bridgehead atoms. The Bertz CT molecular complexity index is 482. The van der Waals surface area contributed by atoms with E-state index in [1.807, 2.05) is 0 Å². The maximum absolute atomic E-state index is 10.1. The Morgan fingerprint density at radius 1 is 1.28 bits per heavy atom. The van der Waals surface area contributed by atoms with Gasteiger partial charge in [-0.2, -0.15) is 0 Å². The van der Waals surface area contributed by atoms with E-state index in [4.69, 9.17) is 9.47 Å². The molecule has 98 valence electrons. The second kappa shape index (κ2) is 4.31. The fourth-order valence-electron chi connectivity index (χ4n) is 2.14. The van der Waals surface area contributed by atoms with Gasteiger partial charge in [-0.1, -0.05) is 0 Å². The first-order valence-corrected chi connectivity index (χ1v) is 6.91. The van der Waals surface area contributed by atoms with Gasteiger partial charge in [0.25, 0.3) is 0 Å². The number of phenolic OH excluding ortho intramolecular Hbond substituents is 1. The van der Waals surface area contributed by atoms with E-state index >= 15 is 0 Å². The van der Waals surface area contributed by atoms with Crippen LogP contribution >= 0.6 is 15.9 Å². The van der Waals surface area contributed by atoms with Crippen LogP contribution in [0, 0.1) is 0 Å². The van der Waals surface area contributed by atoms with E-state index in [1.165, 1.54) is 0 Å². The van der Waals surface area contributed by atoms with Crippen molar-refractivity contribution in [3.8, 4) is 17.2 Å². The van der Waals surface area contributed by atoms with Gasteiger partial charge in [0.05, 0.1) is 23.3 Å². The van der Waals surface area contributed by atoms with E-state index < -0.39 is 5.60 Å². The fourth-order valence-corrected chi connectivity index (χ4v) is 2.59. The number of hydrogen-bond acceptors (Lipinski definition) is 4. The number of aliphatic hydroxyl groups is 1. The number of ether oxygens (including phenoxy) is 2. The molecule has 1 aliphatic heterocycles. The number of halogens is 1. The van der Waals surface area contributed by atoms with Crippen LogP contribution in [0.2, 0.25) is 0 Å². The summed E-state index contributed by atoms with van der Waals surface area (Å²) in [5.41, 5.74) is -0.0388. The lowest BCUT2D eigenvalue weighted by Crippen LogP contribution is -2.12. The van der Waals surface area contributed by atoms with Crippen LogP contribution in [0.3, 0.4) is 0 Å². The molecule has 0 atom stereocenters. The molecule has 1 heterocycles. The monoisotopic (exact) mass is 314 g/mol. The third kappa shape index (κ3) is 2.17. The number of benzene rings is 1. The first-order valence-electron chi connectivity index (χ1n) is 6.11. The van der Waals surface area contributed by atoms with Gasteiger partial charge < -0.3 is 19.7 Å². The topological polar surface area (TPSA) is 58.9 Å². The molecule has 2 aliphatic rings. The van der Waals surface area contributed by atoms with Crippen LogP contribution in [0.5, 0.6) is 17.2 Å². The average molecular weight is 315 g/mol. The highest BCUT2D eigenvalue weighted by Gasteiger charge is 2.42. The number of aromatic hydroxyl groups is 1. The van der Waals surface area contributed by atoms with Gasteiger partial charge in [-0.25, -0.2) is 0 Å². The molecular weight excluding hydrogens is 300 g/mol. The van der Waals surface area contributed by atoms with E-state index in [1.54, 1.807) is 6.07 Å². The SMILES string of the molecule is Oc1c(Br)cc2c(c1CC1(O)CC1)OCCCO2. The minimum Gasteiger partial charge on any atom is -0.506 e. The lowest BCUT2D eigenvalue weighted by molar-refractivity contribution is 0.148. The Labute approximate surface area is 114 Å². The van der Waals surface area contributed by atoms with Crippen molar-refractivity contribution in [2.45, 2.75) is 31.3 Å². The molecule has 3 rings (SSSR count). The van der Waals surface area contributed by atoms with Crippen LogP contribution in [-0.2, 0) is 6.42 Å². The van der Waals surface area contributed by atoms with Crippen molar-refractivity contribution in [3.63, 3.8) is 0 Å². The first-order chi connectivity index (χ1) is 8.59. The molecule has 1 aromatic carbocycles. The van der Waals surface area contributed by atoms with Crippen molar-refractivity contribution >= 4 is 15.9 Å². The minimum atomic E-state index is -0.679. The second-order valence-corrected chi connectivity index (χ2v) is 5.82. The molecule has 0 unspecified atom stereocenters. The Kier molecular flexibility index (Phi) is 2.90. The van der Waals surface area contributed by atoms with Crippen LogP contribution in [0.25, 0.3) is 0 Å². The molecule has 1 aliphatic carbocycles. The summed E-state index contributed by atoms with van der Waals surface area (Å²) in [6.07, 6.45) is 2.77. The molecule has 0 spiro atoms. The summed E-state index contributed by atoms with van der Waals surface area (Å²) in [5, 5.41) is 20.2. The number of rotatable bonds is 2. The number of hydrogen-bond donors (Lipinski definition) is 2. The van der Waals surface area contributed by atoms with Gasteiger partial charge in [0.2, 0.25) is 0 Å². The summed E-state index contributed by atoms with van der Waals surface area (Å²) in [6, 6.07) is 1.72. The lowest BCUT2D eigenvalue weighted by Gasteiger charge is -2.17. The zero-order chi connectivity index (χ0) is 12.8. The maximum Gasteiger partial charge on any atom is 0.168 e. The summed E-state index contributed by atoms with van der Waals surface area (Å²) in [6.45, 7) is 1.17. The van der Waals surface area contributed by atoms with Crippen molar-refractivity contribution < 1.29 is 19.7 Å². The molecule has 0 aromatic heterocycles. The Hall–Kier alpha value is -0.940. The normalized spacial score (nSPS) is 20.3. The van der Waals surface area contributed by atoms with Crippen molar-refractivity contribution in [1.82, 2.24) is 0 Å². The quantitative estimate of drug-likeness (QED) is 0.880. The summed E-state index contributed by atoms with van der Waals surface area (Å²) < 4.78 is 11.9. The molecule has 4 nitrogen and oxygen atoms in total. The molecule has 1 saturated carbocycles. The Morgan fingerprint density at radius 2 is 2.00 bits per heavy atom. The predicted octanol–water partition coefficient (Wildman–Crippen LogP) is 2.38. The van der Waals surface area contributed by atoms with Crippen LogP contribution in [0.1, 0.15) is 24.8 Å². The number of fused-ring (bicyclic) bond motifs is 1. The second-order valence-electron chi connectivity index (χ2n) is 4.96. The van der Waals surface area contributed by atoms with E-state index in [0.717, 1.165) is 19.3 Å². The van der Waals surface area contributed by atoms with Gasteiger partial charge >= 0.3 is 0 Å². The smallest absolute Gasteiger partial charge is 0.168 e. The molecule has 5 heteroatoms. The molecule has 0 amide bonds. The van der Waals surface area contributed by atoms with Crippen LogP contribution in [0.4, 0.5) is 0 Å². The summed E-state index contributed by atoms with van der Waals surface area (Å²) in [5.74, 6) is 1.35. The summed E-state index contributed by atoms with van der Waals surface area (Å²) in [7, 11) is 0. The highest BCUT2D eigenvalue weighted by atomic mass is 79.9. The lowest BCUT2D eigenvalue weighted by atomic mass is 10.0. The summed E-state index contributed by atoms with van der Waals surface area (Å²) in [4.78, 5) is 0. The van der Waals surface area contributed by atoms with E-state index in [9.17, 15) is 10.2 Å². The molecule has 0 radical (unpaired) electrons. The van der Waals surface area contributed by atoms with E-state index in [0.29, 0.717) is 41.2 Å². The van der Waals surface area contributed by atoms with Gasteiger partial charge in [-0.05, 0) is 28.8 Å². The van der Waals surface area contributed by atoms with Crippen LogP contribution in [0.15, 0.2) is 10.5 Å².